The van der Waals surface area contributed by atoms with Crippen molar-refractivity contribution in [2.75, 3.05) is 0 Å². The fourth-order valence-corrected chi connectivity index (χ4v) is 1.25. The van der Waals surface area contributed by atoms with Crippen molar-refractivity contribution in [1.29, 1.82) is 0 Å². The van der Waals surface area contributed by atoms with Crippen LogP contribution in [0.3, 0.4) is 0 Å². The van der Waals surface area contributed by atoms with Crippen molar-refractivity contribution in [3.05, 3.63) is 48.3 Å². The Morgan fingerprint density at radius 1 is 1.27 bits per heavy atom. The van der Waals surface area contributed by atoms with Gasteiger partial charge < -0.3 is 5.73 Å². The van der Waals surface area contributed by atoms with E-state index in [2.05, 4.69) is 17.9 Å². The SMILES string of the molecule is C#C.NCc1cccc(-n2cccn2)c1. The van der Waals surface area contributed by atoms with Gasteiger partial charge in [-0.25, -0.2) is 4.68 Å². The van der Waals surface area contributed by atoms with E-state index in [1.165, 1.54) is 0 Å². The summed E-state index contributed by atoms with van der Waals surface area (Å²) in [5.74, 6) is 0. The van der Waals surface area contributed by atoms with E-state index in [1.807, 2.05) is 41.2 Å². The largest absolute Gasteiger partial charge is 0.326 e. The molecule has 0 radical (unpaired) electrons. The molecular formula is C12H13N3. The van der Waals surface area contributed by atoms with Crippen LogP contribution in [-0.4, -0.2) is 9.78 Å². The van der Waals surface area contributed by atoms with E-state index in [0.717, 1.165) is 11.3 Å². The maximum Gasteiger partial charge on any atom is 0.0648 e. The average Bonchev–Trinajstić information content (AvgIpc) is 2.85. The predicted molar refractivity (Wildman–Crippen MR) is 61.3 cm³/mol. The Hall–Kier alpha value is -2.05. The quantitative estimate of drug-likeness (QED) is 0.746. The van der Waals surface area contributed by atoms with Gasteiger partial charge in [-0.15, -0.1) is 12.8 Å². The van der Waals surface area contributed by atoms with Crippen molar-refractivity contribution in [1.82, 2.24) is 9.78 Å². The molecule has 0 aliphatic carbocycles. The molecule has 3 nitrogen and oxygen atoms in total. The summed E-state index contributed by atoms with van der Waals surface area (Å²) in [6.45, 7) is 0.565. The highest BCUT2D eigenvalue weighted by molar-refractivity contribution is 5.34. The molecule has 76 valence electrons. The minimum atomic E-state index is 0.565. The molecule has 2 aromatic rings. The van der Waals surface area contributed by atoms with Crippen molar-refractivity contribution in [3.8, 4) is 18.5 Å². The fraction of sp³-hybridized carbons (Fsp3) is 0.0833. The Morgan fingerprint density at radius 2 is 2.07 bits per heavy atom. The normalized spacial score (nSPS) is 9.00. The van der Waals surface area contributed by atoms with Crippen molar-refractivity contribution in [2.45, 2.75) is 6.54 Å². The molecule has 1 heterocycles. The first-order valence-electron chi connectivity index (χ1n) is 4.52. The molecule has 0 aliphatic heterocycles. The van der Waals surface area contributed by atoms with Crippen LogP contribution in [0.25, 0.3) is 5.69 Å². The Labute approximate surface area is 89.5 Å². The highest BCUT2D eigenvalue weighted by atomic mass is 15.3. The van der Waals surface area contributed by atoms with E-state index in [4.69, 9.17) is 5.73 Å². The van der Waals surface area contributed by atoms with Gasteiger partial charge in [-0.3, -0.25) is 0 Å². The van der Waals surface area contributed by atoms with E-state index in [1.54, 1.807) is 6.20 Å². The zero-order valence-electron chi connectivity index (χ0n) is 8.38. The predicted octanol–water partition coefficient (Wildman–Crippen LogP) is 1.58. The molecule has 0 amide bonds. The Bertz CT molecular complexity index is 415. The van der Waals surface area contributed by atoms with Crippen LogP contribution in [0.1, 0.15) is 5.56 Å². The molecule has 0 unspecified atom stereocenters. The fourth-order valence-electron chi connectivity index (χ4n) is 1.25. The second-order valence-electron chi connectivity index (χ2n) is 2.82. The number of nitrogens with two attached hydrogens (primary N) is 1. The van der Waals surface area contributed by atoms with Crippen LogP contribution in [0.4, 0.5) is 0 Å². The number of aromatic nitrogens is 2. The molecule has 0 bridgehead atoms. The van der Waals surface area contributed by atoms with Crippen LogP contribution in [0, 0.1) is 12.8 Å². The zero-order chi connectivity index (χ0) is 11.1. The third-order valence-corrected chi connectivity index (χ3v) is 1.92. The molecular weight excluding hydrogens is 186 g/mol. The zero-order valence-corrected chi connectivity index (χ0v) is 8.38. The van der Waals surface area contributed by atoms with Crippen LogP contribution >= 0.6 is 0 Å². The summed E-state index contributed by atoms with van der Waals surface area (Å²) in [6.07, 6.45) is 11.7. The van der Waals surface area contributed by atoms with Crippen molar-refractivity contribution in [2.24, 2.45) is 5.73 Å². The lowest BCUT2D eigenvalue weighted by Crippen LogP contribution is -1.99. The van der Waals surface area contributed by atoms with Gasteiger partial charge in [0.15, 0.2) is 0 Å². The number of rotatable bonds is 2. The molecule has 1 aromatic heterocycles. The van der Waals surface area contributed by atoms with Gasteiger partial charge in [0.05, 0.1) is 5.69 Å². The highest BCUT2D eigenvalue weighted by Gasteiger charge is 1.95. The van der Waals surface area contributed by atoms with Gasteiger partial charge in [0.1, 0.15) is 0 Å². The average molecular weight is 199 g/mol. The molecule has 3 heteroatoms. The van der Waals surface area contributed by atoms with Crippen LogP contribution in [0.15, 0.2) is 42.7 Å². The summed E-state index contributed by atoms with van der Waals surface area (Å²) in [7, 11) is 0. The molecule has 0 saturated carbocycles. The molecule has 0 spiro atoms. The number of hydrogen-bond donors (Lipinski definition) is 1. The lowest BCUT2D eigenvalue weighted by Gasteiger charge is -2.02. The third-order valence-electron chi connectivity index (χ3n) is 1.92. The summed E-state index contributed by atoms with van der Waals surface area (Å²) in [4.78, 5) is 0. The van der Waals surface area contributed by atoms with E-state index in [0.29, 0.717) is 6.54 Å². The first-order valence-corrected chi connectivity index (χ1v) is 4.52. The molecule has 15 heavy (non-hydrogen) atoms. The van der Waals surface area contributed by atoms with Gasteiger partial charge >= 0.3 is 0 Å². The summed E-state index contributed by atoms with van der Waals surface area (Å²) in [5.41, 5.74) is 7.71. The van der Waals surface area contributed by atoms with Crippen LogP contribution in [-0.2, 0) is 6.54 Å². The minimum Gasteiger partial charge on any atom is -0.326 e. The van der Waals surface area contributed by atoms with E-state index in [9.17, 15) is 0 Å². The summed E-state index contributed by atoms with van der Waals surface area (Å²) in [6, 6.07) is 9.93. The van der Waals surface area contributed by atoms with Gasteiger partial charge in [-0.05, 0) is 23.8 Å². The maximum absolute atomic E-state index is 5.54. The summed E-state index contributed by atoms with van der Waals surface area (Å²) < 4.78 is 1.82. The topological polar surface area (TPSA) is 43.8 Å². The van der Waals surface area contributed by atoms with Crippen LogP contribution in [0.2, 0.25) is 0 Å². The first-order chi connectivity index (χ1) is 7.40. The van der Waals surface area contributed by atoms with Crippen molar-refractivity contribution < 1.29 is 0 Å². The van der Waals surface area contributed by atoms with E-state index >= 15 is 0 Å². The number of benzene rings is 1. The molecule has 1 aromatic carbocycles. The van der Waals surface area contributed by atoms with Gasteiger partial charge in [-0.2, -0.15) is 5.10 Å². The third kappa shape index (κ3) is 2.70. The van der Waals surface area contributed by atoms with Gasteiger partial charge in [0, 0.05) is 18.9 Å². The Morgan fingerprint density at radius 3 is 2.67 bits per heavy atom. The Balaban J connectivity index is 0.000000531. The number of nitrogens with zero attached hydrogens (tertiary/aromatic N) is 2. The molecule has 0 aliphatic rings. The Kier molecular flexibility index (Phi) is 4.14. The van der Waals surface area contributed by atoms with Crippen molar-refractivity contribution in [3.63, 3.8) is 0 Å². The van der Waals surface area contributed by atoms with Crippen LogP contribution < -0.4 is 5.73 Å². The molecule has 0 saturated heterocycles. The maximum atomic E-state index is 5.54. The second kappa shape index (κ2) is 5.63. The lowest BCUT2D eigenvalue weighted by atomic mass is 10.2. The molecule has 0 atom stereocenters. The lowest BCUT2D eigenvalue weighted by molar-refractivity contribution is 0.876. The molecule has 0 fully saturated rings. The minimum absolute atomic E-state index is 0.565. The first kappa shape index (κ1) is 11.0. The van der Waals surface area contributed by atoms with Gasteiger partial charge in [-0.1, -0.05) is 12.1 Å². The monoisotopic (exact) mass is 199 g/mol. The molecule has 2 N–H and O–H groups in total. The van der Waals surface area contributed by atoms with E-state index in [-0.39, 0.29) is 0 Å². The number of terminal acetylenes is 1. The number of hydrogen-bond acceptors (Lipinski definition) is 2. The highest BCUT2D eigenvalue weighted by Crippen LogP contribution is 2.08. The van der Waals surface area contributed by atoms with Crippen LogP contribution in [0.5, 0.6) is 0 Å². The van der Waals surface area contributed by atoms with Crippen molar-refractivity contribution >= 4 is 0 Å². The summed E-state index contributed by atoms with van der Waals surface area (Å²) >= 11 is 0. The van der Waals surface area contributed by atoms with Gasteiger partial charge in [0.2, 0.25) is 0 Å². The molecule has 2 rings (SSSR count). The van der Waals surface area contributed by atoms with E-state index < -0.39 is 0 Å². The van der Waals surface area contributed by atoms with Gasteiger partial charge in [0.25, 0.3) is 0 Å². The summed E-state index contributed by atoms with van der Waals surface area (Å²) in [5, 5.41) is 4.14. The standard InChI is InChI=1S/C10H11N3.C2H2/c11-8-9-3-1-4-10(7-9)13-6-2-5-12-13;1-2/h1-7H,8,11H2;1-2H. The second-order valence-corrected chi connectivity index (χ2v) is 2.82. The smallest absolute Gasteiger partial charge is 0.0648 e.